The minimum Gasteiger partial charge on any atom is -0.472 e. The summed E-state index contributed by atoms with van der Waals surface area (Å²) in [5.41, 5.74) is 0.343. The van der Waals surface area contributed by atoms with Gasteiger partial charge in [0.05, 0.1) is 17.4 Å². The average Bonchev–Trinajstić information content (AvgIpc) is 3.42. The van der Waals surface area contributed by atoms with Gasteiger partial charge in [0, 0.05) is 36.3 Å². The lowest BCUT2D eigenvalue weighted by atomic mass is 10.3. The third kappa shape index (κ3) is 4.82. The van der Waals surface area contributed by atoms with Crippen molar-refractivity contribution in [2.45, 2.75) is 32.2 Å². The maximum Gasteiger partial charge on any atom is 0.406 e. The number of thiazole rings is 1. The molecule has 11 heteroatoms. The van der Waals surface area contributed by atoms with Crippen LogP contribution in [-0.4, -0.2) is 50.7 Å². The summed E-state index contributed by atoms with van der Waals surface area (Å²) in [4.78, 5) is 23.1. The van der Waals surface area contributed by atoms with Crippen molar-refractivity contribution in [1.29, 1.82) is 0 Å². The number of likely N-dealkylation sites (tertiary alicyclic amines) is 1. The average molecular weight is 451 g/mol. The van der Waals surface area contributed by atoms with Gasteiger partial charge >= 0.3 is 6.18 Å². The van der Waals surface area contributed by atoms with E-state index in [0.29, 0.717) is 41.4 Å². The molecule has 0 bridgehead atoms. The first-order valence-corrected chi connectivity index (χ1v) is 10.4. The zero-order valence-corrected chi connectivity index (χ0v) is 17.5. The van der Waals surface area contributed by atoms with Gasteiger partial charge in [-0.1, -0.05) is 6.58 Å². The van der Waals surface area contributed by atoms with Gasteiger partial charge in [-0.05, 0) is 19.1 Å². The number of hydrogen-bond donors (Lipinski definition) is 1. The molecule has 164 valence electrons. The highest BCUT2D eigenvalue weighted by Gasteiger charge is 2.30. The molecule has 0 saturated carbocycles. The summed E-state index contributed by atoms with van der Waals surface area (Å²) >= 11 is 1.41. The normalized spacial score (nSPS) is 16.6. The number of ether oxygens (including phenoxy) is 1. The SMILES string of the molecule is C=CC(=O)N1CC[C@H](Oc2nc(Nc3ncc(C)s3)cc3c2ccn3CC(F)(F)F)C1. The van der Waals surface area contributed by atoms with Gasteiger partial charge in [-0.2, -0.15) is 18.2 Å². The topological polar surface area (TPSA) is 72.3 Å². The molecule has 7 nitrogen and oxygen atoms in total. The number of pyridine rings is 1. The van der Waals surface area contributed by atoms with Crippen molar-refractivity contribution in [1.82, 2.24) is 19.4 Å². The zero-order chi connectivity index (χ0) is 22.2. The van der Waals surface area contributed by atoms with Crippen LogP contribution in [0, 0.1) is 6.92 Å². The summed E-state index contributed by atoms with van der Waals surface area (Å²) in [6.07, 6.45) is 0.215. The number of aryl methyl sites for hydroxylation is 1. The highest BCUT2D eigenvalue weighted by atomic mass is 32.1. The summed E-state index contributed by atoms with van der Waals surface area (Å²) in [5.74, 6) is 0.359. The monoisotopic (exact) mass is 451 g/mol. The van der Waals surface area contributed by atoms with Crippen molar-refractivity contribution >= 4 is 39.1 Å². The van der Waals surface area contributed by atoms with Gasteiger partial charge in [0.25, 0.3) is 0 Å². The van der Waals surface area contributed by atoms with Gasteiger partial charge in [-0.25, -0.2) is 4.98 Å². The first kappa shape index (κ1) is 21.2. The standard InChI is InChI=1S/C20H20F3N5O2S/c1-3-17(29)27-6-4-13(10-27)30-18-14-5-7-28(11-20(21,22)23)15(14)8-16(25-18)26-19-24-9-12(2)31-19/h3,5,7-9,13H,1,4,6,10-11H2,2H3,(H,24,25,26)/t13-/m0/s1. The van der Waals surface area contributed by atoms with E-state index in [1.165, 1.54) is 23.6 Å². The second-order valence-electron chi connectivity index (χ2n) is 7.22. The number of anilines is 2. The van der Waals surface area contributed by atoms with Gasteiger partial charge in [-0.15, -0.1) is 11.3 Å². The van der Waals surface area contributed by atoms with Crippen molar-refractivity contribution in [2.75, 3.05) is 18.4 Å². The molecule has 0 aliphatic carbocycles. The van der Waals surface area contributed by atoms with Crippen LogP contribution in [-0.2, 0) is 11.3 Å². The molecule has 1 fully saturated rings. The summed E-state index contributed by atoms with van der Waals surface area (Å²) in [6.45, 7) is 5.15. The molecule has 1 aliphatic rings. The number of fused-ring (bicyclic) bond motifs is 1. The molecule has 0 radical (unpaired) electrons. The minimum atomic E-state index is -4.37. The number of rotatable bonds is 6. The van der Waals surface area contributed by atoms with Crippen molar-refractivity contribution in [3.05, 3.63) is 42.1 Å². The summed E-state index contributed by atoms with van der Waals surface area (Å²) in [6, 6.07) is 3.11. The fraction of sp³-hybridized carbons (Fsp3) is 0.350. The molecule has 4 heterocycles. The van der Waals surface area contributed by atoms with Crippen LogP contribution in [0.15, 0.2) is 37.2 Å². The van der Waals surface area contributed by atoms with Gasteiger partial charge in [0.1, 0.15) is 18.5 Å². The van der Waals surface area contributed by atoms with E-state index in [9.17, 15) is 18.0 Å². The number of amides is 1. The Labute approximate surface area is 180 Å². The van der Waals surface area contributed by atoms with Crippen LogP contribution in [0.5, 0.6) is 5.88 Å². The van der Waals surface area contributed by atoms with Crippen molar-refractivity contribution in [3.63, 3.8) is 0 Å². The molecule has 31 heavy (non-hydrogen) atoms. The third-order valence-electron chi connectivity index (χ3n) is 4.85. The van der Waals surface area contributed by atoms with Crippen LogP contribution < -0.4 is 10.1 Å². The number of carbonyl (C=O) groups is 1. The second kappa shape index (κ2) is 8.22. The number of nitrogens with one attached hydrogen (secondary N) is 1. The van der Waals surface area contributed by atoms with Gasteiger partial charge in [0.15, 0.2) is 5.13 Å². The molecule has 0 aromatic carbocycles. The smallest absolute Gasteiger partial charge is 0.406 e. The van der Waals surface area contributed by atoms with Crippen LogP contribution in [0.2, 0.25) is 0 Å². The van der Waals surface area contributed by atoms with Crippen LogP contribution in [0.4, 0.5) is 24.1 Å². The number of halogens is 3. The molecule has 3 aromatic rings. The Bertz CT molecular complexity index is 1120. The number of aromatic nitrogens is 3. The third-order valence-corrected chi connectivity index (χ3v) is 5.68. The fourth-order valence-electron chi connectivity index (χ4n) is 3.48. The maximum absolute atomic E-state index is 13.0. The van der Waals surface area contributed by atoms with E-state index < -0.39 is 12.7 Å². The molecule has 1 saturated heterocycles. The molecule has 0 unspecified atom stereocenters. The largest absolute Gasteiger partial charge is 0.472 e. The first-order chi connectivity index (χ1) is 14.7. The van der Waals surface area contributed by atoms with Crippen LogP contribution in [0.1, 0.15) is 11.3 Å². The van der Waals surface area contributed by atoms with Crippen LogP contribution in [0.3, 0.4) is 0 Å². The number of nitrogens with zero attached hydrogens (tertiary/aromatic N) is 4. The minimum absolute atomic E-state index is 0.185. The number of hydrogen-bond acceptors (Lipinski definition) is 6. The Morgan fingerprint density at radius 2 is 2.29 bits per heavy atom. The Morgan fingerprint density at radius 3 is 2.97 bits per heavy atom. The summed E-state index contributed by atoms with van der Waals surface area (Å²) in [5, 5.41) is 4.09. The Hall–Kier alpha value is -3.08. The molecule has 1 amide bonds. The van der Waals surface area contributed by atoms with E-state index in [0.717, 1.165) is 9.44 Å². The Kier molecular flexibility index (Phi) is 5.61. The molecule has 0 spiro atoms. The van der Waals surface area contributed by atoms with E-state index in [-0.39, 0.29) is 17.9 Å². The predicted octanol–water partition coefficient (Wildman–Crippen LogP) is 4.27. The number of carbonyl (C=O) groups excluding carboxylic acids is 1. The van der Waals surface area contributed by atoms with Gasteiger partial charge in [0.2, 0.25) is 11.8 Å². The maximum atomic E-state index is 13.0. The van der Waals surface area contributed by atoms with Crippen molar-refractivity contribution < 1.29 is 22.7 Å². The van der Waals surface area contributed by atoms with Gasteiger partial charge in [-0.3, -0.25) is 4.79 Å². The number of alkyl halides is 3. The van der Waals surface area contributed by atoms with E-state index in [2.05, 4.69) is 21.9 Å². The molecule has 1 atom stereocenters. The first-order valence-electron chi connectivity index (χ1n) is 9.56. The quantitative estimate of drug-likeness (QED) is 0.567. The molecule has 1 aliphatic heterocycles. The second-order valence-corrected chi connectivity index (χ2v) is 8.46. The van der Waals surface area contributed by atoms with E-state index in [4.69, 9.17) is 4.74 Å². The molecule has 1 N–H and O–H groups in total. The predicted molar refractivity (Wildman–Crippen MR) is 112 cm³/mol. The van der Waals surface area contributed by atoms with Crippen molar-refractivity contribution in [3.8, 4) is 5.88 Å². The fourth-order valence-corrected chi connectivity index (χ4v) is 4.15. The highest BCUT2D eigenvalue weighted by Crippen LogP contribution is 2.33. The van der Waals surface area contributed by atoms with E-state index in [1.807, 2.05) is 6.92 Å². The lowest BCUT2D eigenvalue weighted by Crippen LogP contribution is -2.29. The van der Waals surface area contributed by atoms with Gasteiger partial charge < -0.3 is 19.5 Å². The Morgan fingerprint density at radius 1 is 1.48 bits per heavy atom. The van der Waals surface area contributed by atoms with Crippen LogP contribution >= 0.6 is 11.3 Å². The lowest BCUT2D eigenvalue weighted by molar-refractivity contribution is -0.139. The highest BCUT2D eigenvalue weighted by molar-refractivity contribution is 7.15. The zero-order valence-electron chi connectivity index (χ0n) is 16.6. The molecular weight excluding hydrogens is 431 g/mol. The summed E-state index contributed by atoms with van der Waals surface area (Å²) in [7, 11) is 0. The Balaban J connectivity index is 1.67. The molecule has 3 aromatic heterocycles. The summed E-state index contributed by atoms with van der Waals surface area (Å²) < 4.78 is 46.3. The lowest BCUT2D eigenvalue weighted by Gasteiger charge is -2.17. The van der Waals surface area contributed by atoms with E-state index >= 15 is 0 Å². The molecule has 4 rings (SSSR count). The molecular formula is C20H20F3N5O2S. The van der Waals surface area contributed by atoms with Crippen molar-refractivity contribution in [2.24, 2.45) is 0 Å². The van der Waals surface area contributed by atoms with E-state index in [1.54, 1.807) is 23.2 Å². The van der Waals surface area contributed by atoms with Crippen LogP contribution in [0.25, 0.3) is 10.9 Å².